The summed E-state index contributed by atoms with van der Waals surface area (Å²) in [4.78, 5) is 4.24. The molecular formula is C13H16BrF3N2. The van der Waals surface area contributed by atoms with E-state index in [4.69, 9.17) is 5.73 Å². The molecule has 2 nitrogen and oxygen atoms in total. The smallest absolute Gasteiger partial charge is 0.325 e. The Morgan fingerprint density at radius 1 is 1.32 bits per heavy atom. The zero-order valence-electron chi connectivity index (χ0n) is 10.4. The van der Waals surface area contributed by atoms with Gasteiger partial charge in [-0.15, -0.1) is 0 Å². The first-order chi connectivity index (χ1) is 8.78. The van der Waals surface area contributed by atoms with Crippen molar-refractivity contribution in [3.8, 4) is 0 Å². The van der Waals surface area contributed by atoms with E-state index in [0.717, 1.165) is 10.2 Å². The van der Waals surface area contributed by atoms with Crippen LogP contribution in [0.25, 0.3) is 0 Å². The second kappa shape index (κ2) is 5.40. The Balaban J connectivity index is 1.96. The summed E-state index contributed by atoms with van der Waals surface area (Å²) in [7, 11) is 0. The summed E-state index contributed by atoms with van der Waals surface area (Å²) >= 11 is 3.30. The molecule has 1 aromatic heterocycles. The van der Waals surface area contributed by atoms with E-state index in [1.807, 2.05) is 12.1 Å². The van der Waals surface area contributed by atoms with Crippen LogP contribution in [0.2, 0.25) is 0 Å². The van der Waals surface area contributed by atoms with E-state index in [-0.39, 0.29) is 12.8 Å². The molecule has 1 fully saturated rings. The lowest BCUT2D eigenvalue weighted by Gasteiger charge is -2.37. The van der Waals surface area contributed by atoms with Gasteiger partial charge in [0.1, 0.15) is 0 Å². The van der Waals surface area contributed by atoms with Gasteiger partial charge in [0.25, 0.3) is 0 Å². The van der Waals surface area contributed by atoms with Crippen LogP contribution in [0.4, 0.5) is 13.2 Å². The van der Waals surface area contributed by atoms with Crippen LogP contribution in [-0.4, -0.2) is 16.7 Å². The second-order valence-electron chi connectivity index (χ2n) is 5.32. The van der Waals surface area contributed by atoms with E-state index in [1.54, 1.807) is 6.20 Å². The lowest BCUT2D eigenvalue weighted by atomic mass is 9.74. The van der Waals surface area contributed by atoms with Crippen molar-refractivity contribution in [3.63, 3.8) is 0 Å². The normalized spacial score (nSPS) is 28.4. The summed E-state index contributed by atoms with van der Waals surface area (Å²) < 4.78 is 38.7. The van der Waals surface area contributed by atoms with E-state index in [2.05, 4.69) is 20.9 Å². The Morgan fingerprint density at radius 2 is 1.95 bits per heavy atom. The first-order valence-electron chi connectivity index (χ1n) is 6.25. The zero-order chi connectivity index (χ0) is 14.1. The van der Waals surface area contributed by atoms with Crippen molar-refractivity contribution in [3.05, 3.63) is 28.5 Å². The van der Waals surface area contributed by atoms with Crippen LogP contribution >= 0.6 is 15.9 Å². The second-order valence-corrected chi connectivity index (χ2v) is 6.24. The van der Waals surface area contributed by atoms with Crippen molar-refractivity contribution in [2.45, 2.75) is 43.8 Å². The molecule has 2 N–H and O–H groups in total. The van der Waals surface area contributed by atoms with Gasteiger partial charge in [0.15, 0.2) is 0 Å². The Bertz CT molecular complexity index is 423. The lowest BCUT2D eigenvalue weighted by Crippen LogP contribution is -2.47. The number of aromatic nitrogens is 1. The average Bonchev–Trinajstić information content (AvgIpc) is 2.31. The predicted molar refractivity (Wildman–Crippen MR) is 70.6 cm³/mol. The number of hydrogen-bond donors (Lipinski definition) is 1. The van der Waals surface area contributed by atoms with E-state index in [1.165, 1.54) is 0 Å². The van der Waals surface area contributed by atoms with Gasteiger partial charge in [0, 0.05) is 28.3 Å². The number of nitrogens with two attached hydrogens (primary N) is 1. The van der Waals surface area contributed by atoms with Crippen LogP contribution in [0.1, 0.15) is 31.4 Å². The minimum atomic E-state index is -4.09. The fraction of sp³-hybridized carbons (Fsp3) is 0.615. The molecule has 1 aromatic rings. The predicted octanol–water partition coefficient (Wildman–Crippen LogP) is 3.84. The molecule has 0 spiro atoms. The zero-order valence-corrected chi connectivity index (χ0v) is 12.0. The van der Waals surface area contributed by atoms with Gasteiger partial charge in [-0.2, -0.15) is 13.2 Å². The largest absolute Gasteiger partial charge is 0.391 e. The third-order valence-electron chi connectivity index (χ3n) is 3.77. The first-order valence-corrected chi connectivity index (χ1v) is 7.04. The fourth-order valence-corrected chi connectivity index (χ4v) is 2.80. The van der Waals surface area contributed by atoms with E-state index in [9.17, 15) is 13.2 Å². The molecule has 2 rings (SSSR count). The lowest BCUT2D eigenvalue weighted by molar-refractivity contribution is -0.184. The van der Waals surface area contributed by atoms with Gasteiger partial charge in [0.05, 0.1) is 5.92 Å². The third-order valence-corrected chi connectivity index (χ3v) is 4.24. The minimum absolute atomic E-state index is 0.122. The molecule has 0 radical (unpaired) electrons. The molecule has 6 heteroatoms. The third kappa shape index (κ3) is 3.92. The maximum absolute atomic E-state index is 12.6. The molecule has 0 saturated heterocycles. The van der Waals surface area contributed by atoms with Crippen LogP contribution in [0, 0.1) is 5.92 Å². The first kappa shape index (κ1) is 14.8. The molecular weight excluding hydrogens is 321 g/mol. The quantitative estimate of drug-likeness (QED) is 0.891. The topological polar surface area (TPSA) is 38.9 Å². The standard InChI is InChI=1S/C13H16BrF3N2/c14-10-1-2-11(19-8-10)7-12(18)5-3-9(4-6-12)13(15,16)17/h1-2,8-9H,3-7,18H2. The van der Waals surface area contributed by atoms with Gasteiger partial charge in [-0.1, -0.05) is 0 Å². The molecule has 1 saturated carbocycles. The summed E-state index contributed by atoms with van der Waals surface area (Å²) in [5, 5.41) is 0. The summed E-state index contributed by atoms with van der Waals surface area (Å²) in [5.41, 5.74) is 6.49. The molecule has 0 unspecified atom stereocenters. The average molecular weight is 337 g/mol. The Hall–Kier alpha value is -0.620. The number of halogens is 4. The fourth-order valence-electron chi connectivity index (χ4n) is 2.57. The van der Waals surface area contributed by atoms with Crippen LogP contribution in [0.3, 0.4) is 0 Å². The highest BCUT2D eigenvalue weighted by Crippen LogP contribution is 2.41. The van der Waals surface area contributed by atoms with Crippen molar-refractivity contribution in [2.75, 3.05) is 0 Å². The molecule has 0 aliphatic heterocycles. The molecule has 0 bridgehead atoms. The number of rotatable bonds is 2. The molecule has 1 aliphatic rings. The van der Waals surface area contributed by atoms with Crippen LogP contribution < -0.4 is 5.73 Å². The summed E-state index contributed by atoms with van der Waals surface area (Å²) in [5.74, 6) is -1.19. The highest BCUT2D eigenvalue weighted by molar-refractivity contribution is 9.10. The Morgan fingerprint density at radius 3 is 2.42 bits per heavy atom. The van der Waals surface area contributed by atoms with Crippen molar-refractivity contribution in [1.82, 2.24) is 4.98 Å². The molecule has 19 heavy (non-hydrogen) atoms. The number of alkyl halides is 3. The van der Waals surface area contributed by atoms with Gasteiger partial charge in [-0.3, -0.25) is 4.98 Å². The highest BCUT2D eigenvalue weighted by atomic mass is 79.9. The van der Waals surface area contributed by atoms with Crippen molar-refractivity contribution < 1.29 is 13.2 Å². The highest BCUT2D eigenvalue weighted by Gasteiger charge is 2.44. The maximum atomic E-state index is 12.6. The number of pyridine rings is 1. The van der Waals surface area contributed by atoms with Gasteiger partial charge in [-0.25, -0.2) is 0 Å². The molecule has 106 valence electrons. The molecule has 1 aliphatic carbocycles. The Labute approximate surface area is 118 Å². The molecule has 1 heterocycles. The number of nitrogens with zero attached hydrogens (tertiary/aromatic N) is 1. The monoisotopic (exact) mass is 336 g/mol. The van der Waals surface area contributed by atoms with Crippen LogP contribution in [-0.2, 0) is 6.42 Å². The van der Waals surface area contributed by atoms with E-state index < -0.39 is 17.6 Å². The van der Waals surface area contributed by atoms with E-state index >= 15 is 0 Å². The number of hydrogen-bond acceptors (Lipinski definition) is 2. The Kier molecular flexibility index (Phi) is 4.20. The molecule has 0 aromatic carbocycles. The molecule has 0 atom stereocenters. The van der Waals surface area contributed by atoms with Gasteiger partial charge < -0.3 is 5.73 Å². The van der Waals surface area contributed by atoms with Crippen molar-refractivity contribution >= 4 is 15.9 Å². The van der Waals surface area contributed by atoms with Crippen LogP contribution in [0.15, 0.2) is 22.8 Å². The maximum Gasteiger partial charge on any atom is 0.391 e. The molecule has 0 amide bonds. The van der Waals surface area contributed by atoms with Gasteiger partial charge in [-0.05, 0) is 53.7 Å². The van der Waals surface area contributed by atoms with Gasteiger partial charge >= 0.3 is 6.18 Å². The summed E-state index contributed by atoms with van der Waals surface area (Å²) in [6.45, 7) is 0. The van der Waals surface area contributed by atoms with Crippen LogP contribution in [0.5, 0.6) is 0 Å². The van der Waals surface area contributed by atoms with Crippen molar-refractivity contribution in [1.29, 1.82) is 0 Å². The van der Waals surface area contributed by atoms with Crippen molar-refractivity contribution in [2.24, 2.45) is 11.7 Å². The van der Waals surface area contributed by atoms with E-state index in [0.29, 0.717) is 19.3 Å². The SMILES string of the molecule is NC1(Cc2ccc(Br)cn2)CCC(C(F)(F)F)CC1. The summed E-state index contributed by atoms with van der Waals surface area (Å²) in [6.07, 6.45) is -0.834. The van der Waals surface area contributed by atoms with Gasteiger partial charge in [0.2, 0.25) is 0 Å². The summed E-state index contributed by atoms with van der Waals surface area (Å²) in [6, 6.07) is 3.72. The minimum Gasteiger partial charge on any atom is -0.325 e.